The van der Waals surface area contributed by atoms with Crippen molar-refractivity contribution in [1.82, 2.24) is 0 Å². The second-order valence-electron chi connectivity index (χ2n) is 11.0. The number of rotatable bonds is 0. The summed E-state index contributed by atoms with van der Waals surface area (Å²) in [4.78, 5) is 0. The molecule has 0 saturated heterocycles. The van der Waals surface area contributed by atoms with Crippen LogP contribution in [0.1, 0.15) is 77.9 Å². The molecule has 210 valence electrons. The van der Waals surface area contributed by atoms with Crippen LogP contribution in [0.4, 0.5) is 0 Å². The molecule has 0 aromatic heterocycles. The fraction of sp³-hybridized carbons (Fsp3) is 0.368. The van der Waals surface area contributed by atoms with E-state index in [2.05, 4.69) is 152 Å². The van der Waals surface area contributed by atoms with Gasteiger partial charge in [0, 0.05) is 65.4 Å². The molecule has 2 heteroatoms. The van der Waals surface area contributed by atoms with E-state index in [0.29, 0.717) is 0 Å². The van der Waals surface area contributed by atoms with Gasteiger partial charge in [-0.15, -0.1) is 0 Å². The van der Waals surface area contributed by atoms with Gasteiger partial charge in [-0.25, -0.2) is 0 Å². The van der Waals surface area contributed by atoms with Crippen molar-refractivity contribution in [3.8, 4) is 0 Å². The minimum atomic E-state index is 0. The van der Waals surface area contributed by atoms with Gasteiger partial charge in [-0.1, -0.05) is 76.9 Å². The molecule has 0 aliphatic heterocycles. The van der Waals surface area contributed by atoms with E-state index in [4.69, 9.17) is 0 Å². The van der Waals surface area contributed by atoms with Crippen molar-refractivity contribution in [2.75, 3.05) is 0 Å². The third-order valence-corrected chi connectivity index (χ3v) is 7.27. The normalized spacial score (nSPS) is 9.35. The Labute approximate surface area is 297 Å². The first-order valence-electron chi connectivity index (χ1n) is 13.6. The van der Waals surface area contributed by atoms with Crippen LogP contribution in [0.15, 0.2) is 48.5 Å². The SMILES string of the molecule is Cc1[c-]c(C)c(C)cc1.Cc1[c-]cc(C)c(C)c1.Cc1cc(C)c(C)c(C)c1.Cc1cc(C)c(C)c(C)c1.[Y].[Y]. The zero-order valence-corrected chi connectivity index (χ0v) is 33.5. The van der Waals surface area contributed by atoms with E-state index < -0.39 is 0 Å². The Balaban J connectivity index is 0. The summed E-state index contributed by atoms with van der Waals surface area (Å²) in [6.07, 6.45) is 0. The van der Waals surface area contributed by atoms with Gasteiger partial charge in [0.2, 0.25) is 0 Å². The molecule has 0 unspecified atom stereocenters. The van der Waals surface area contributed by atoms with Crippen molar-refractivity contribution in [2.45, 2.75) is 96.9 Å². The van der Waals surface area contributed by atoms with E-state index >= 15 is 0 Å². The van der Waals surface area contributed by atoms with E-state index in [1.165, 1.54) is 77.9 Å². The molecule has 4 aromatic rings. The maximum Gasteiger partial charge on any atom is 0 e. The first-order valence-corrected chi connectivity index (χ1v) is 13.6. The molecule has 4 rings (SSSR count). The molecule has 40 heavy (non-hydrogen) atoms. The molecule has 0 aliphatic rings. The number of hydrogen-bond acceptors (Lipinski definition) is 0. The zero-order chi connectivity index (χ0) is 29.2. The van der Waals surface area contributed by atoms with Crippen molar-refractivity contribution in [3.05, 3.63) is 139 Å². The molecule has 4 aromatic carbocycles. The second kappa shape index (κ2) is 20.1. The van der Waals surface area contributed by atoms with Crippen molar-refractivity contribution in [3.63, 3.8) is 0 Å². The molecule has 0 spiro atoms. The van der Waals surface area contributed by atoms with Crippen LogP contribution in [-0.4, -0.2) is 0 Å². The summed E-state index contributed by atoms with van der Waals surface area (Å²) in [5.41, 5.74) is 18.9. The van der Waals surface area contributed by atoms with Crippen molar-refractivity contribution in [1.29, 1.82) is 0 Å². The standard InChI is InChI=1S/2C10H14.2C9H11.2Y/c2*1-7-5-8(2)10(4)9(3)6-7;2*1-7-4-5-8(2)9(3)6-7;;/h2*5-6H,1-4H3;5-6H,1-3H3;4-5H,1-3H3;;/q;;2*-1;;. The largest absolute Gasteiger partial charge is 0.180 e. The fourth-order valence-electron chi connectivity index (χ4n) is 4.13. The molecule has 0 nitrogen and oxygen atoms in total. The molecular weight excluding hydrogens is 634 g/mol. The van der Waals surface area contributed by atoms with Crippen LogP contribution in [0, 0.1) is 109 Å². The Morgan fingerprint density at radius 1 is 0.400 bits per heavy atom. The summed E-state index contributed by atoms with van der Waals surface area (Å²) in [6.45, 7) is 29.8. The van der Waals surface area contributed by atoms with Gasteiger partial charge >= 0.3 is 0 Å². The summed E-state index contributed by atoms with van der Waals surface area (Å²) < 4.78 is 0. The predicted molar refractivity (Wildman–Crippen MR) is 170 cm³/mol. The van der Waals surface area contributed by atoms with Gasteiger partial charge in [0.05, 0.1) is 0 Å². The summed E-state index contributed by atoms with van der Waals surface area (Å²) in [6, 6.07) is 23.7. The Morgan fingerprint density at radius 2 is 0.800 bits per heavy atom. The summed E-state index contributed by atoms with van der Waals surface area (Å²) >= 11 is 0. The third-order valence-electron chi connectivity index (χ3n) is 7.27. The average Bonchev–Trinajstić information content (AvgIpc) is 2.82. The van der Waals surface area contributed by atoms with E-state index in [1.54, 1.807) is 0 Å². The van der Waals surface area contributed by atoms with Gasteiger partial charge in [-0.3, -0.25) is 0 Å². The van der Waals surface area contributed by atoms with Crippen molar-refractivity contribution < 1.29 is 65.4 Å². The first kappa shape index (κ1) is 41.2. The summed E-state index contributed by atoms with van der Waals surface area (Å²) in [5, 5.41) is 0. The fourth-order valence-corrected chi connectivity index (χ4v) is 4.13. The number of hydrogen-bond donors (Lipinski definition) is 0. The van der Waals surface area contributed by atoms with Gasteiger partial charge in [0.15, 0.2) is 0 Å². The van der Waals surface area contributed by atoms with Crippen LogP contribution in [-0.2, 0) is 65.4 Å². The van der Waals surface area contributed by atoms with E-state index in [9.17, 15) is 0 Å². The van der Waals surface area contributed by atoms with Crippen LogP contribution < -0.4 is 0 Å². The van der Waals surface area contributed by atoms with Gasteiger partial charge < -0.3 is 0 Å². The van der Waals surface area contributed by atoms with E-state index in [0.717, 1.165) is 0 Å². The topological polar surface area (TPSA) is 0 Å². The molecule has 0 N–H and O–H groups in total. The Morgan fingerprint density at radius 3 is 1.10 bits per heavy atom. The molecule has 0 amide bonds. The Hall–Kier alpha value is -0.912. The minimum Gasteiger partial charge on any atom is -0.180 e. The number of benzene rings is 4. The Kier molecular flexibility index (Phi) is 20.7. The molecule has 0 bridgehead atoms. The van der Waals surface area contributed by atoms with Gasteiger partial charge in [0.25, 0.3) is 0 Å². The van der Waals surface area contributed by atoms with Crippen LogP contribution in [0.2, 0.25) is 0 Å². The van der Waals surface area contributed by atoms with E-state index in [-0.39, 0.29) is 65.4 Å². The van der Waals surface area contributed by atoms with Crippen molar-refractivity contribution in [2.24, 2.45) is 0 Å². The maximum absolute atomic E-state index is 3.24. The quantitative estimate of drug-likeness (QED) is 0.162. The van der Waals surface area contributed by atoms with Gasteiger partial charge in [-0.05, 0) is 88.8 Å². The predicted octanol–water partition coefficient (Wildman–Crippen LogP) is 10.7. The average molecular weight is 685 g/mol. The second-order valence-corrected chi connectivity index (χ2v) is 11.0. The molecule has 0 aliphatic carbocycles. The zero-order valence-electron chi connectivity index (χ0n) is 27.8. The number of aryl methyl sites for hydroxylation is 12. The van der Waals surface area contributed by atoms with E-state index in [1.807, 2.05) is 6.07 Å². The van der Waals surface area contributed by atoms with Gasteiger partial charge in [0.1, 0.15) is 0 Å². The molecule has 0 heterocycles. The van der Waals surface area contributed by atoms with Gasteiger partial charge in [-0.2, -0.15) is 69.8 Å². The molecular formula is C38H50Y2-2. The first-order chi connectivity index (χ1) is 17.6. The van der Waals surface area contributed by atoms with Crippen LogP contribution in [0.5, 0.6) is 0 Å². The van der Waals surface area contributed by atoms with Crippen LogP contribution in [0.3, 0.4) is 0 Å². The third kappa shape index (κ3) is 14.8. The van der Waals surface area contributed by atoms with Crippen LogP contribution >= 0.6 is 0 Å². The minimum absolute atomic E-state index is 0. The van der Waals surface area contributed by atoms with Crippen LogP contribution in [0.25, 0.3) is 0 Å². The summed E-state index contributed by atoms with van der Waals surface area (Å²) in [7, 11) is 0. The molecule has 2 radical (unpaired) electrons. The summed E-state index contributed by atoms with van der Waals surface area (Å²) in [5.74, 6) is 0. The molecule has 0 saturated carbocycles. The Bertz CT molecular complexity index is 1190. The van der Waals surface area contributed by atoms with Crippen molar-refractivity contribution >= 4 is 0 Å². The molecule has 0 atom stereocenters. The monoisotopic (exact) mass is 684 g/mol. The molecule has 0 fully saturated rings. The maximum atomic E-state index is 3.24. The smallest absolute Gasteiger partial charge is 0 e.